The van der Waals surface area contributed by atoms with Crippen molar-refractivity contribution in [3.8, 4) is 17.2 Å². The first-order valence-corrected chi connectivity index (χ1v) is 8.30. The lowest BCUT2D eigenvalue weighted by Gasteiger charge is -2.06. The monoisotopic (exact) mass is 311 g/mol. The lowest BCUT2D eigenvalue weighted by molar-refractivity contribution is 1.10. The molecule has 5 heteroatoms. The minimum Gasteiger partial charge on any atom is -0.229 e. The summed E-state index contributed by atoms with van der Waals surface area (Å²) in [5.41, 5.74) is 3.54. The highest BCUT2D eigenvalue weighted by molar-refractivity contribution is 8.00. The summed E-state index contributed by atoms with van der Waals surface area (Å²) in [6.45, 7) is 3.96. The van der Waals surface area contributed by atoms with Crippen LogP contribution in [0.1, 0.15) is 12.5 Å². The summed E-state index contributed by atoms with van der Waals surface area (Å²) in [5, 5.41) is 12.9. The Labute approximate surface area is 131 Å². The van der Waals surface area contributed by atoms with Crippen molar-refractivity contribution in [2.24, 2.45) is 0 Å². The Hall–Kier alpha value is -1.90. The van der Waals surface area contributed by atoms with Crippen LogP contribution in [-0.2, 0) is 0 Å². The van der Waals surface area contributed by atoms with Gasteiger partial charge in [0.1, 0.15) is 16.2 Å². The van der Waals surface area contributed by atoms with Gasteiger partial charge in [0, 0.05) is 10.9 Å². The number of fused-ring (bicyclic) bond motifs is 1. The average Bonchev–Trinajstić information content (AvgIpc) is 2.93. The number of hydrogen-bond acceptors (Lipinski definition) is 5. The van der Waals surface area contributed by atoms with E-state index in [2.05, 4.69) is 52.6 Å². The number of rotatable bonds is 3. The fourth-order valence-corrected chi connectivity index (χ4v) is 3.88. The Kier molecular flexibility index (Phi) is 3.91. The quantitative estimate of drug-likeness (QED) is 0.521. The van der Waals surface area contributed by atoms with Gasteiger partial charge in [-0.1, -0.05) is 41.6 Å². The minimum atomic E-state index is -0.131. The number of nitrogens with zero attached hydrogens (tertiary/aromatic N) is 3. The molecule has 0 saturated heterocycles. The molecule has 3 rings (SSSR count). The fourth-order valence-electron chi connectivity index (χ4n) is 2.08. The Morgan fingerprint density at radius 2 is 2.00 bits per heavy atom. The maximum Gasteiger partial charge on any atom is 0.128 e. The van der Waals surface area contributed by atoms with E-state index in [1.54, 1.807) is 17.7 Å². The molecule has 0 aliphatic heterocycles. The number of thiophene rings is 1. The van der Waals surface area contributed by atoms with Crippen LogP contribution in [-0.4, -0.2) is 15.2 Å². The van der Waals surface area contributed by atoms with Crippen molar-refractivity contribution < 1.29 is 0 Å². The molecule has 3 aromatic rings. The largest absolute Gasteiger partial charge is 0.229 e. The second-order valence-corrected chi connectivity index (χ2v) is 6.95. The molecule has 0 N–H and O–H groups in total. The Balaban J connectivity index is 2.16. The number of nitriles is 1. The average molecular weight is 311 g/mol. The number of hydrogen-bond donors (Lipinski definition) is 0. The maximum absolute atomic E-state index is 9.02. The molecule has 1 atom stereocenters. The van der Waals surface area contributed by atoms with Crippen molar-refractivity contribution in [2.45, 2.75) is 24.1 Å². The van der Waals surface area contributed by atoms with Gasteiger partial charge in [-0.15, -0.1) is 11.3 Å². The first-order valence-electron chi connectivity index (χ1n) is 6.54. The molecule has 0 bridgehead atoms. The second-order valence-electron chi connectivity index (χ2n) is 4.76. The molecule has 1 aromatic carbocycles. The van der Waals surface area contributed by atoms with Gasteiger partial charge in [0.05, 0.1) is 16.7 Å². The van der Waals surface area contributed by atoms with Crippen LogP contribution in [0.2, 0.25) is 0 Å². The molecular weight excluding hydrogens is 298 g/mol. The van der Waals surface area contributed by atoms with Crippen molar-refractivity contribution in [1.82, 2.24) is 9.97 Å². The van der Waals surface area contributed by atoms with Gasteiger partial charge in [0.15, 0.2) is 0 Å². The zero-order valence-corrected chi connectivity index (χ0v) is 13.3. The zero-order valence-electron chi connectivity index (χ0n) is 11.7. The van der Waals surface area contributed by atoms with E-state index in [-0.39, 0.29) is 5.25 Å². The standard InChI is InChI=1S/C16H13N3S2/c1-10-3-5-12(6-4-10)13-8-20-15-14(13)16(19-9-18-15)21-11(2)7-17/h3-6,8-9,11H,1-2H3/t11-/m1/s1. The Morgan fingerprint density at radius 3 is 2.71 bits per heavy atom. The molecule has 0 unspecified atom stereocenters. The first kappa shape index (κ1) is 14.1. The highest BCUT2D eigenvalue weighted by atomic mass is 32.2. The van der Waals surface area contributed by atoms with Gasteiger partial charge >= 0.3 is 0 Å². The zero-order chi connectivity index (χ0) is 14.8. The summed E-state index contributed by atoms with van der Waals surface area (Å²) >= 11 is 3.10. The molecule has 2 aromatic heterocycles. The minimum absolute atomic E-state index is 0.131. The summed E-state index contributed by atoms with van der Waals surface area (Å²) in [6, 6.07) is 10.7. The van der Waals surface area contributed by atoms with Gasteiger partial charge in [-0.05, 0) is 19.4 Å². The SMILES string of the molecule is Cc1ccc(-c2csc3ncnc(S[C@H](C)C#N)c23)cc1. The van der Waals surface area contributed by atoms with Crippen LogP contribution >= 0.6 is 23.1 Å². The predicted octanol–water partition coefficient (Wildman–Crippen LogP) is 4.67. The van der Waals surface area contributed by atoms with E-state index < -0.39 is 0 Å². The third-order valence-corrected chi connectivity index (χ3v) is 5.05. The normalized spacial score (nSPS) is 12.2. The smallest absolute Gasteiger partial charge is 0.128 e. The molecule has 2 heterocycles. The second kappa shape index (κ2) is 5.84. The highest BCUT2D eigenvalue weighted by Crippen LogP contribution is 2.38. The van der Waals surface area contributed by atoms with Crippen molar-refractivity contribution in [3.63, 3.8) is 0 Å². The summed E-state index contributed by atoms with van der Waals surface area (Å²) in [7, 11) is 0. The van der Waals surface area contributed by atoms with E-state index in [1.807, 2.05) is 6.92 Å². The fraction of sp³-hybridized carbons (Fsp3) is 0.188. The Bertz CT molecular complexity index is 816. The van der Waals surface area contributed by atoms with Crippen molar-refractivity contribution in [1.29, 1.82) is 5.26 Å². The molecule has 3 nitrogen and oxygen atoms in total. The predicted molar refractivity (Wildman–Crippen MR) is 88.5 cm³/mol. The first-order chi connectivity index (χ1) is 10.2. The van der Waals surface area contributed by atoms with Crippen molar-refractivity contribution in [2.75, 3.05) is 0 Å². The molecule has 0 saturated carbocycles. The van der Waals surface area contributed by atoms with E-state index in [0.717, 1.165) is 26.4 Å². The van der Waals surface area contributed by atoms with Crippen LogP contribution in [0.4, 0.5) is 0 Å². The molecule has 104 valence electrons. The van der Waals surface area contributed by atoms with Crippen LogP contribution < -0.4 is 0 Å². The molecule has 0 radical (unpaired) electrons. The number of aryl methyl sites for hydroxylation is 1. The van der Waals surface area contributed by atoms with Gasteiger partial charge < -0.3 is 0 Å². The molecular formula is C16H13N3S2. The third kappa shape index (κ3) is 2.78. The van der Waals surface area contributed by atoms with Gasteiger partial charge in [0.25, 0.3) is 0 Å². The maximum atomic E-state index is 9.02. The molecule has 21 heavy (non-hydrogen) atoms. The summed E-state index contributed by atoms with van der Waals surface area (Å²) in [4.78, 5) is 9.69. The molecule has 0 aliphatic carbocycles. The molecule has 0 spiro atoms. The Morgan fingerprint density at radius 1 is 1.24 bits per heavy atom. The van der Waals surface area contributed by atoms with Gasteiger partial charge in [-0.2, -0.15) is 5.26 Å². The third-order valence-electron chi connectivity index (χ3n) is 3.17. The van der Waals surface area contributed by atoms with Crippen molar-refractivity contribution in [3.05, 3.63) is 41.5 Å². The topological polar surface area (TPSA) is 49.6 Å². The van der Waals surface area contributed by atoms with Crippen LogP contribution in [0.25, 0.3) is 21.3 Å². The molecule has 0 amide bonds. The number of benzene rings is 1. The molecule has 0 aliphatic rings. The summed E-state index contributed by atoms with van der Waals surface area (Å²) in [6.07, 6.45) is 1.57. The van der Waals surface area contributed by atoms with E-state index in [0.29, 0.717) is 0 Å². The summed E-state index contributed by atoms with van der Waals surface area (Å²) < 4.78 is 0. The van der Waals surface area contributed by atoms with E-state index >= 15 is 0 Å². The van der Waals surface area contributed by atoms with Crippen LogP contribution in [0, 0.1) is 18.3 Å². The van der Waals surface area contributed by atoms with Crippen LogP contribution in [0.3, 0.4) is 0 Å². The van der Waals surface area contributed by atoms with E-state index in [4.69, 9.17) is 5.26 Å². The highest BCUT2D eigenvalue weighted by Gasteiger charge is 2.15. The number of aromatic nitrogens is 2. The van der Waals surface area contributed by atoms with Crippen LogP contribution in [0.15, 0.2) is 41.0 Å². The van der Waals surface area contributed by atoms with E-state index in [9.17, 15) is 0 Å². The molecule has 0 fully saturated rings. The lowest BCUT2D eigenvalue weighted by atomic mass is 10.1. The van der Waals surface area contributed by atoms with Gasteiger partial charge in [-0.3, -0.25) is 0 Å². The van der Waals surface area contributed by atoms with Gasteiger partial charge in [-0.25, -0.2) is 9.97 Å². The van der Waals surface area contributed by atoms with Crippen molar-refractivity contribution >= 4 is 33.3 Å². The van der Waals surface area contributed by atoms with E-state index in [1.165, 1.54) is 17.3 Å². The number of thioether (sulfide) groups is 1. The van der Waals surface area contributed by atoms with Crippen LogP contribution in [0.5, 0.6) is 0 Å². The van der Waals surface area contributed by atoms with Gasteiger partial charge in [0.2, 0.25) is 0 Å². The lowest BCUT2D eigenvalue weighted by Crippen LogP contribution is -1.93. The summed E-state index contributed by atoms with van der Waals surface area (Å²) in [5.74, 6) is 0.